The molecule has 17 heavy (non-hydrogen) atoms. The normalized spacial score (nSPS) is 23.8. The number of anilines is 1. The molecule has 4 heteroatoms. The number of nitrogens with zero attached hydrogens (tertiary/aromatic N) is 1. The number of ether oxygens (including phenoxy) is 1. The van der Waals surface area contributed by atoms with Gasteiger partial charge in [-0.05, 0) is 31.4 Å². The Hall–Kier alpha value is -0.930. The molecule has 0 amide bonds. The lowest BCUT2D eigenvalue weighted by Crippen LogP contribution is -2.42. The molecule has 2 unspecified atom stereocenters. The lowest BCUT2D eigenvalue weighted by molar-refractivity contribution is 0.415. The highest BCUT2D eigenvalue weighted by molar-refractivity contribution is 6.33. The van der Waals surface area contributed by atoms with Crippen LogP contribution < -0.4 is 15.4 Å². The first-order valence-electron chi connectivity index (χ1n) is 5.95. The highest BCUT2D eigenvalue weighted by Gasteiger charge is 2.28. The van der Waals surface area contributed by atoms with Crippen molar-refractivity contribution in [1.29, 1.82) is 0 Å². The standard InChI is InChI=1S/C13H19ClN2O/c1-16(13-5-3-4-11(13)15)12-7-6-9(17-2)8-10(12)14/h6-8,11,13H,3-5,15H2,1-2H3. The molecule has 0 heterocycles. The summed E-state index contributed by atoms with van der Waals surface area (Å²) in [6.07, 6.45) is 3.44. The van der Waals surface area contributed by atoms with Gasteiger partial charge in [0.05, 0.1) is 17.8 Å². The van der Waals surface area contributed by atoms with Gasteiger partial charge in [-0.1, -0.05) is 11.6 Å². The Labute approximate surface area is 107 Å². The molecule has 2 N–H and O–H groups in total. The molecule has 1 aliphatic carbocycles. The summed E-state index contributed by atoms with van der Waals surface area (Å²) in [5.41, 5.74) is 7.14. The topological polar surface area (TPSA) is 38.5 Å². The predicted octanol–water partition coefficient (Wildman–Crippen LogP) is 2.66. The fraction of sp³-hybridized carbons (Fsp3) is 0.538. The minimum Gasteiger partial charge on any atom is -0.497 e. The maximum absolute atomic E-state index is 6.27. The minimum atomic E-state index is 0.248. The van der Waals surface area contributed by atoms with Crippen LogP contribution in [0.25, 0.3) is 0 Å². The van der Waals surface area contributed by atoms with Gasteiger partial charge in [0.2, 0.25) is 0 Å². The van der Waals surface area contributed by atoms with E-state index in [0.717, 1.165) is 24.3 Å². The van der Waals surface area contributed by atoms with Crippen LogP contribution in [0.5, 0.6) is 5.75 Å². The van der Waals surface area contributed by atoms with Crippen LogP contribution in [-0.4, -0.2) is 26.2 Å². The Morgan fingerprint density at radius 3 is 2.71 bits per heavy atom. The van der Waals surface area contributed by atoms with Gasteiger partial charge in [0, 0.05) is 25.2 Å². The van der Waals surface area contributed by atoms with Gasteiger partial charge >= 0.3 is 0 Å². The van der Waals surface area contributed by atoms with Crippen molar-refractivity contribution in [2.45, 2.75) is 31.3 Å². The van der Waals surface area contributed by atoms with Crippen LogP contribution in [0.15, 0.2) is 18.2 Å². The van der Waals surface area contributed by atoms with Crippen LogP contribution in [0.1, 0.15) is 19.3 Å². The zero-order valence-electron chi connectivity index (χ0n) is 10.3. The smallest absolute Gasteiger partial charge is 0.120 e. The third-order valence-electron chi connectivity index (χ3n) is 3.56. The SMILES string of the molecule is COc1ccc(N(C)C2CCCC2N)c(Cl)c1. The number of nitrogens with two attached hydrogens (primary N) is 1. The zero-order chi connectivity index (χ0) is 12.4. The predicted molar refractivity (Wildman–Crippen MR) is 72.0 cm³/mol. The first-order valence-corrected chi connectivity index (χ1v) is 6.33. The quantitative estimate of drug-likeness (QED) is 0.901. The van der Waals surface area contributed by atoms with Crippen molar-refractivity contribution in [3.8, 4) is 5.75 Å². The largest absolute Gasteiger partial charge is 0.497 e. The Balaban J connectivity index is 2.21. The number of hydrogen-bond donors (Lipinski definition) is 1. The fourth-order valence-electron chi connectivity index (χ4n) is 2.53. The Bertz CT molecular complexity index is 397. The summed E-state index contributed by atoms with van der Waals surface area (Å²) < 4.78 is 5.15. The van der Waals surface area contributed by atoms with E-state index in [1.165, 1.54) is 6.42 Å². The van der Waals surface area contributed by atoms with Gasteiger partial charge in [-0.2, -0.15) is 0 Å². The van der Waals surface area contributed by atoms with Crippen molar-refractivity contribution in [3.05, 3.63) is 23.2 Å². The highest BCUT2D eigenvalue weighted by atomic mass is 35.5. The van der Waals surface area contributed by atoms with Crippen LogP contribution in [-0.2, 0) is 0 Å². The Morgan fingerprint density at radius 1 is 1.41 bits per heavy atom. The molecule has 94 valence electrons. The Morgan fingerprint density at radius 2 is 2.18 bits per heavy atom. The maximum Gasteiger partial charge on any atom is 0.120 e. The molecule has 1 saturated carbocycles. The van der Waals surface area contributed by atoms with Crippen molar-refractivity contribution < 1.29 is 4.74 Å². The molecule has 1 aliphatic rings. The molecule has 1 fully saturated rings. The average molecular weight is 255 g/mol. The second kappa shape index (κ2) is 5.15. The van der Waals surface area contributed by atoms with E-state index in [-0.39, 0.29) is 6.04 Å². The van der Waals surface area contributed by atoms with Crippen molar-refractivity contribution >= 4 is 17.3 Å². The van der Waals surface area contributed by atoms with Crippen molar-refractivity contribution in [1.82, 2.24) is 0 Å². The van der Waals surface area contributed by atoms with E-state index in [1.54, 1.807) is 7.11 Å². The molecule has 0 radical (unpaired) electrons. The molecule has 1 aromatic carbocycles. The van der Waals surface area contributed by atoms with E-state index in [1.807, 2.05) is 18.2 Å². The molecule has 2 atom stereocenters. The van der Waals surface area contributed by atoms with Crippen molar-refractivity contribution in [2.75, 3.05) is 19.1 Å². The van der Waals surface area contributed by atoms with Gasteiger partial charge in [0.1, 0.15) is 5.75 Å². The van der Waals surface area contributed by atoms with E-state index in [9.17, 15) is 0 Å². The molecule has 2 rings (SSSR count). The van der Waals surface area contributed by atoms with E-state index < -0.39 is 0 Å². The highest BCUT2D eigenvalue weighted by Crippen LogP contribution is 2.33. The van der Waals surface area contributed by atoms with Gasteiger partial charge in [-0.25, -0.2) is 0 Å². The molecule has 0 spiro atoms. The Kier molecular flexibility index (Phi) is 3.79. The monoisotopic (exact) mass is 254 g/mol. The van der Waals surface area contributed by atoms with Crippen LogP contribution in [0.4, 0.5) is 5.69 Å². The van der Waals surface area contributed by atoms with E-state index in [2.05, 4.69) is 11.9 Å². The number of hydrogen-bond acceptors (Lipinski definition) is 3. The average Bonchev–Trinajstić information content (AvgIpc) is 2.74. The summed E-state index contributed by atoms with van der Waals surface area (Å²) in [4.78, 5) is 2.19. The number of benzene rings is 1. The molecule has 3 nitrogen and oxygen atoms in total. The van der Waals surface area contributed by atoms with Crippen LogP contribution in [0.2, 0.25) is 5.02 Å². The van der Waals surface area contributed by atoms with E-state index in [4.69, 9.17) is 22.1 Å². The zero-order valence-corrected chi connectivity index (χ0v) is 11.1. The number of halogens is 1. The summed E-state index contributed by atoms with van der Waals surface area (Å²) in [5.74, 6) is 0.780. The van der Waals surface area contributed by atoms with E-state index in [0.29, 0.717) is 11.1 Å². The second-order valence-corrected chi connectivity index (χ2v) is 5.00. The molecular formula is C13H19ClN2O. The minimum absolute atomic E-state index is 0.248. The summed E-state index contributed by atoms with van der Waals surface area (Å²) >= 11 is 6.27. The maximum atomic E-state index is 6.27. The van der Waals surface area contributed by atoms with E-state index >= 15 is 0 Å². The molecule has 0 aliphatic heterocycles. The van der Waals surface area contributed by atoms with Gasteiger partial charge in [-0.15, -0.1) is 0 Å². The van der Waals surface area contributed by atoms with Crippen molar-refractivity contribution in [3.63, 3.8) is 0 Å². The number of rotatable bonds is 3. The second-order valence-electron chi connectivity index (χ2n) is 4.59. The number of likely N-dealkylation sites (N-methyl/N-ethyl adjacent to an activating group) is 1. The number of methoxy groups -OCH3 is 1. The molecular weight excluding hydrogens is 236 g/mol. The lowest BCUT2D eigenvalue weighted by Gasteiger charge is -2.30. The molecule has 0 aromatic heterocycles. The lowest BCUT2D eigenvalue weighted by atomic mass is 10.1. The van der Waals surface area contributed by atoms with Crippen LogP contribution in [0, 0.1) is 0 Å². The summed E-state index contributed by atoms with van der Waals surface area (Å²) in [6, 6.07) is 6.40. The first kappa shape index (κ1) is 12.5. The van der Waals surface area contributed by atoms with Crippen molar-refractivity contribution in [2.24, 2.45) is 5.73 Å². The summed E-state index contributed by atoms with van der Waals surface area (Å²) in [5, 5.41) is 0.714. The van der Waals surface area contributed by atoms with Gasteiger partial charge in [0.15, 0.2) is 0 Å². The summed E-state index contributed by atoms with van der Waals surface area (Å²) in [6.45, 7) is 0. The summed E-state index contributed by atoms with van der Waals surface area (Å²) in [7, 11) is 3.70. The molecule has 0 saturated heterocycles. The van der Waals surface area contributed by atoms with Gasteiger partial charge in [0.25, 0.3) is 0 Å². The third kappa shape index (κ3) is 2.50. The first-order chi connectivity index (χ1) is 8.13. The van der Waals surface area contributed by atoms with Gasteiger partial charge in [-0.3, -0.25) is 0 Å². The third-order valence-corrected chi connectivity index (χ3v) is 3.87. The van der Waals surface area contributed by atoms with Crippen LogP contribution in [0.3, 0.4) is 0 Å². The van der Waals surface area contributed by atoms with Crippen LogP contribution >= 0.6 is 11.6 Å². The molecule has 0 bridgehead atoms. The van der Waals surface area contributed by atoms with Gasteiger partial charge < -0.3 is 15.4 Å². The fourth-order valence-corrected chi connectivity index (χ4v) is 2.83. The molecule has 1 aromatic rings.